The normalized spacial score (nSPS) is 12.7. The molecule has 124 valence electrons. The van der Waals surface area contributed by atoms with Crippen molar-refractivity contribution in [3.05, 3.63) is 23.8 Å². The molecule has 22 heavy (non-hydrogen) atoms. The topological polar surface area (TPSA) is 50.8 Å². The molecule has 1 aromatic carbocycles. The Morgan fingerprint density at radius 3 is 2.41 bits per heavy atom. The molecule has 1 unspecified atom stereocenters. The molecule has 5 heteroatoms. The maximum atomic E-state index is 11.9. The van der Waals surface area contributed by atoms with E-state index in [0.29, 0.717) is 0 Å². The zero-order valence-corrected chi connectivity index (χ0v) is 14.7. The SMILES string of the molecule is COC(=O)C(COC(C)(C)C)Nc1ccc(N(C)C)cc1C. The van der Waals surface area contributed by atoms with Gasteiger partial charge < -0.3 is 19.7 Å². The van der Waals surface area contributed by atoms with Crippen molar-refractivity contribution in [3.63, 3.8) is 0 Å². The van der Waals surface area contributed by atoms with E-state index in [-0.39, 0.29) is 18.2 Å². The third kappa shape index (κ3) is 5.56. The highest BCUT2D eigenvalue weighted by atomic mass is 16.5. The molecule has 0 aliphatic rings. The van der Waals surface area contributed by atoms with Crippen molar-refractivity contribution in [1.82, 2.24) is 0 Å². The maximum Gasteiger partial charge on any atom is 0.330 e. The van der Waals surface area contributed by atoms with Crippen LogP contribution in [-0.2, 0) is 14.3 Å². The minimum Gasteiger partial charge on any atom is -0.467 e. The van der Waals surface area contributed by atoms with Gasteiger partial charge in [-0.3, -0.25) is 0 Å². The van der Waals surface area contributed by atoms with Crippen molar-refractivity contribution >= 4 is 17.3 Å². The van der Waals surface area contributed by atoms with Crippen LogP contribution < -0.4 is 10.2 Å². The molecule has 1 atom stereocenters. The van der Waals surface area contributed by atoms with Crippen LogP contribution in [0.4, 0.5) is 11.4 Å². The van der Waals surface area contributed by atoms with Gasteiger partial charge >= 0.3 is 5.97 Å². The first kappa shape index (κ1) is 18.3. The number of ether oxygens (including phenoxy) is 2. The second kappa shape index (κ2) is 7.49. The van der Waals surface area contributed by atoms with Gasteiger partial charge in [0.15, 0.2) is 0 Å². The summed E-state index contributed by atoms with van der Waals surface area (Å²) in [6.45, 7) is 8.13. The van der Waals surface area contributed by atoms with Crippen LogP contribution in [0.15, 0.2) is 18.2 Å². The van der Waals surface area contributed by atoms with E-state index in [1.165, 1.54) is 7.11 Å². The molecule has 1 rings (SSSR count). The van der Waals surface area contributed by atoms with E-state index in [1.807, 2.05) is 58.8 Å². The van der Waals surface area contributed by atoms with Gasteiger partial charge in [-0.25, -0.2) is 4.79 Å². The molecule has 0 fully saturated rings. The standard InChI is InChI=1S/C17H28N2O3/c1-12-10-13(19(5)6)8-9-14(12)18-15(16(20)21-7)11-22-17(2,3)4/h8-10,15,18H,11H2,1-7H3. The highest BCUT2D eigenvalue weighted by Crippen LogP contribution is 2.22. The lowest BCUT2D eigenvalue weighted by Gasteiger charge is -2.25. The molecule has 5 nitrogen and oxygen atoms in total. The van der Waals surface area contributed by atoms with E-state index >= 15 is 0 Å². The van der Waals surface area contributed by atoms with E-state index in [1.54, 1.807) is 0 Å². The molecule has 0 spiro atoms. The number of benzene rings is 1. The summed E-state index contributed by atoms with van der Waals surface area (Å²) in [4.78, 5) is 14.0. The zero-order valence-electron chi connectivity index (χ0n) is 14.7. The van der Waals surface area contributed by atoms with Crippen molar-refractivity contribution in [2.45, 2.75) is 39.3 Å². The second-order valence-electron chi connectivity index (χ2n) is 6.54. The summed E-state index contributed by atoms with van der Waals surface area (Å²) in [5, 5.41) is 3.22. The summed E-state index contributed by atoms with van der Waals surface area (Å²) in [5.41, 5.74) is 2.77. The molecule has 1 N–H and O–H groups in total. The second-order valence-corrected chi connectivity index (χ2v) is 6.54. The number of aryl methyl sites for hydroxylation is 1. The molecule has 1 aromatic rings. The third-order valence-electron chi connectivity index (χ3n) is 3.22. The van der Waals surface area contributed by atoms with Gasteiger partial charge in [-0.1, -0.05) is 0 Å². The molecule has 0 amide bonds. The van der Waals surface area contributed by atoms with Crippen LogP contribution in [0.3, 0.4) is 0 Å². The number of nitrogens with zero attached hydrogens (tertiary/aromatic N) is 1. The van der Waals surface area contributed by atoms with Gasteiger partial charge in [0.1, 0.15) is 6.04 Å². The highest BCUT2D eigenvalue weighted by molar-refractivity contribution is 5.80. The van der Waals surface area contributed by atoms with E-state index in [4.69, 9.17) is 9.47 Å². The predicted octanol–water partition coefficient (Wildman–Crippen LogP) is 2.83. The lowest BCUT2D eigenvalue weighted by Crippen LogP contribution is -2.38. The molecule has 0 radical (unpaired) electrons. The van der Waals surface area contributed by atoms with Crippen molar-refractivity contribution in [2.24, 2.45) is 0 Å². The van der Waals surface area contributed by atoms with Gasteiger partial charge in [0.05, 0.1) is 19.3 Å². The lowest BCUT2D eigenvalue weighted by atomic mass is 10.1. The molecule has 0 aromatic heterocycles. The number of anilines is 2. The number of hydrogen-bond donors (Lipinski definition) is 1. The van der Waals surface area contributed by atoms with Crippen molar-refractivity contribution in [1.29, 1.82) is 0 Å². The smallest absolute Gasteiger partial charge is 0.330 e. The average molecular weight is 308 g/mol. The molecule has 0 heterocycles. The highest BCUT2D eigenvalue weighted by Gasteiger charge is 2.23. The fraction of sp³-hybridized carbons (Fsp3) is 0.588. The number of methoxy groups -OCH3 is 1. The number of hydrogen-bond acceptors (Lipinski definition) is 5. The van der Waals surface area contributed by atoms with E-state index in [9.17, 15) is 4.79 Å². The molecule has 0 bridgehead atoms. The summed E-state index contributed by atoms with van der Waals surface area (Å²) in [7, 11) is 5.38. The predicted molar refractivity (Wildman–Crippen MR) is 90.6 cm³/mol. The fourth-order valence-corrected chi connectivity index (χ4v) is 1.92. The third-order valence-corrected chi connectivity index (χ3v) is 3.22. The van der Waals surface area contributed by atoms with Crippen LogP contribution >= 0.6 is 0 Å². The van der Waals surface area contributed by atoms with Gasteiger partial charge in [-0.2, -0.15) is 0 Å². The monoisotopic (exact) mass is 308 g/mol. The molecule has 0 aliphatic heterocycles. The summed E-state index contributed by atoms with van der Waals surface area (Å²) >= 11 is 0. The zero-order chi connectivity index (χ0) is 16.9. The summed E-state index contributed by atoms with van der Waals surface area (Å²) in [6.07, 6.45) is 0. The Balaban J connectivity index is 2.87. The first-order chi connectivity index (χ1) is 10.1. The largest absolute Gasteiger partial charge is 0.467 e. The van der Waals surface area contributed by atoms with Gasteiger partial charge in [-0.05, 0) is 51.5 Å². The number of rotatable bonds is 6. The van der Waals surface area contributed by atoms with E-state index in [0.717, 1.165) is 16.9 Å². The summed E-state index contributed by atoms with van der Waals surface area (Å²) in [6, 6.07) is 5.51. The maximum absolute atomic E-state index is 11.9. The number of nitrogens with one attached hydrogen (secondary N) is 1. The van der Waals surface area contributed by atoms with E-state index in [2.05, 4.69) is 11.4 Å². The van der Waals surface area contributed by atoms with Gasteiger partial charge in [0.2, 0.25) is 0 Å². The Labute approximate surface area is 133 Å². The Morgan fingerprint density at radius 2 is 1.95 bits per heavy atom. The molecule has 0 saturated carbocycles. The minimum absolute atomic E-state index is 0.255. The van der Waals surface area contributed by atoms with E-state index < -0.39 is 6.04 Å². The Morgan fingerprint density at radius 1 is 1.32 bits per heavy atom. The average Bonchev–Trinajstić information content (AvgIpc) is 2.42. The van der Waals surface area contributed by atoms with Crippen LogP contribution in [0.25, 0.3) is 0 Å². The Kier molecular flexibility index (Phi) is 6.23. The summed E-state index contributed by atoms with van der Waals surface area (Å²) in [5.74, 6) is -0.333. The van der Waals surface area contributed by atoms with Crippen LogP contribution in [-0.4, -0.2) is 45.4 Å². The van der Waals surface area contributed by atoms with Crippen LogP contribution in [0.5, 0.6) is 0 Å². The van der Waals surface area contributed by atoms with Crippen LogP contribution in [0.1, 0.15) is 26.3 Å². The van der Waals surface area contributed by atoms with Gasteiger partial charge in [0, 0.05) is 25.5 Å². The van der Waals surface area contributed by atoms with Crippen molar-refractivity contribution in [3.8, 4) is 0 Å². The number of carbonyl (C=O) groups is 1. The van der Waals surface area contributed by atoms with Gasteiger partial charge in [0.25, 0.3) is 0 Å². The number of esters is 1. The van der Waals surface area contributed by atoms with Crippen LogP contribution in [0, 0.1) is 6.92 Å². The molecular weight excluding hydrogens is 280 g/mol. The first-order valence-corrected chi connectivity index (χ1v) is 7.40. The summed E-state index contributed by atoms with van der Waals surface area (Å²) < 4.78 is 10.6. The van der Waals surface area contributed by atoms with Crippen LogP contribution in [0.2, 0.25) is 0 Å². The lowest BCUT2D eigenvalue weighted by molar-refractivity contribution is -0.144. The molecule has 0 saturated heterocycles. The Bertz CT molecular complexity index is 507. The van der Waals surface area contributed by atoms with Crippen molar-refractivity contribution in [2.75, 3.05) is 38.0 Å². The molecular formula is C17H28N2O3. The Hall–Kier alpha value is -1.75. The minimum atomic E-state index is -0.534. The first-order valence-electron chi connectivity index (χ1n) is 7.40. The fourth-order valence-electron chi connectivity index (χ4n) is 1.92. The number of carbonyl (C=O) groups excluding carboxylic acids is 1. The quantitative estimate of drug-likeness (QED) is 0.819. The molecule has 0 aliphatic carbocycles. The van der Waals surface area contributed by atoms with Gasteiger partial charge in [-0.15, -0.1) is 0 Å². The van der Waals surface area contributed by atoms with Crippen molar-refractivity contribution < 1.29 is 14.3 Å².